The molecule has 0 bridgehead atoms. The van der Waals surface area contributed by atoms with E-state index in [1.54, 1.807) is 6.92 Å². The van der Waals surface area contributed by atoms with E-state index in [-0.39, 0.29) is 36.8 Å². The molecule has 1 fully saturated rings. The molecule has 1 aliphatic rings. The fraction of sp³-hybridized carbons (Fsp3) is 0.588. The molecule has 1 aliphatic heterocycles. The highest BCUT2D eigenvalue weighted by molar-refractivity contribution is 7.89. The first-order valence-electron chi connectivity index (χ1n) is 9.48. The third-order valence-corrected chi connectivity index (χ3v) is 7.58. The minimum Gasteiger partial charge on any atom is -0.338 e. The lowest BCUT2D eigenvalue weighted by molar-refractivity contribution is -0.142. The summed E-state index contributed by atoms with van der Waals surface area (Å²) in [4.78, 5) is 14.1. The SMILES string of the molecule is CCn1cc(S(=O)(=O)N2CCN(C(=O)Cn3nc(C(F)(F)F)c(Cl)c3C)CC2)c(C)n1. The van der Waals surface area contributed by atoms with Gasteiger partial charge in [0.2, 0.25) is 15.9 Å². The topological polar surface area (TPSA) is 93.3 Å². The average Bonchev–Trinajstić information content (AvgIpc) is 3.23. The quantitative estimate of drug-likeness (QED) is 0.649. The van der Waals surface area contributed by atoms with Crippen LogP contribution in [0.4, 0.5) is 13.2 Å². The summed E-state index contributed by atoms with van der Waals surface area (Å²) in [6.07, 6.45) is -3.25. The summed E-state index contributed by atoms with van der Waals surface area (Å²) in [5.41, 5.74) is -0.808. The Kier molecular flexibility index (Phi) is 6.40. The number of alkyl halides is 3. The van der Waals surface area contributed by atoms with E-state index >= 15 is 0 Å². The molecule has 3 heterocycles. The minimum absolute atomic E-state index is 0.0342. The molecular weight excluding hydrogens is 461 g/mol. The van der Waals surface area contributed by atoms with Gasteiger partial charge in [0.25, 0.3) is 0 Å². The standard InChI is InChI=1S/C17H22ClF3N6O3S/c1-4-25-9-13(11(2)22-25)31(29,30)26-7-5-24(6-8-26)14(28)10-27-12(3)15(18)16(23-27)17(19,20)21/h9H,4-8,10H2,1-3H3. The number of aryl methyl sites for hydroxylation is 2. The number of amides is 1. The summed E-state index contributed by atoms with van der Waals surface area (Å²) in [6.45, 7) is 5.28. The summed E-state index contributed by atoms with van der Waals surface area (Å²) in [5.74, 6) is -0.469. The Morgan fingerprint density at radius 3 is 2.26 bits per heavy atom. The zero-order chi connectivity index (χ0) is 23.1. The Balaban J connectivity index is 1.67. The summed E-state index contributed by atoms with van der Waals surface area (Å²) in [5, 5.41) is 7.04. The number of sulfonamides is 1. The highest BCUT2D eigenvalue weighted by Gasteiger charge is 2.39. The molecule has 2 aromatic heterocycles. The second kappa shape index (κ2) is 8.43. The summed E-state index contributed by atoms with van der Waals surface area (Å²) >= 11 is 5.71. The van der Waals surface area contributed by atoms with Crippen LogP contribution in [0.3, 0.4) is 0 Å². The third kappa shape index (κ3) is 4.58. The number of nitrogens with zero attached hydrogens (tertiary/aromatic N) is 6. The molecule has 0 aliphatic carbocycles. The smallest absolute Gasteiger partial charge is 0.338 e. The van der Waals surface area contributed by atoms with Gasteiger partial charge in [-0.05, 0) is 20.8 Å². The molecule has 0 atom stereocenters. The second-order valence-electron chi connectivity index (χ2n) is 7.12. The molecule has 0 saturated carbocycles. The number of piperazine rings is 1. The van der Waals surface area contributed by atoms with Gasteiger partial charge in [0.05, 0.1) is 16.4 Å². The summed E-state index contributed by atoms with van der Waals surface area (Å²) in [6, 6.07) is 0. The highest BCUT2D eigenvalue weighted by atomic mass is 35.5. The van der Waals surface area contributed by atoms with Crippen LogP contribution in [0.15, 0.2) is 11.1 Å². The number of halogens is 4. The molecule has 1 amide bonds. The van der Waals surface area contributed by atoms with Crippen LogP contribution < -0.4 is 0 Å². The molecule has 14 heteroatoms. The maximum atomic E-state index is 13.0. The summed E-state index contributed by atoms with van der Waals surface area (Å²) < 4.78 is 68.4. The van der Waals surface area contributed by atoms with Crippen LogP contribution in [-0.4, -0.2) is 69.3 Å². The number of carbonyl (C=O) groups is 1. The molecule has 0 spiro atoms. The van der Waals surface area contributed by atoms with Crippen molar-refractivity contribution in [3.05, 3.63) is 28.3 Å². The van der Waals surface area contributed by atoms with E-state index in [1.165, 1.54) is 27.0 Å². The van der Waals surface area contributed by atoms with Crippen LogP contribution in [0.1, 0.15) is 24.0 Å². The van der Waals surface area contributed by atoms with E-state index < -0.39 is 39.4 Å². The van der Waals surface area contributed by atoms with Gasteiger partial charge in [0, 0.05) is 38.9 Å². The largest absolute Gasteiger partial charge is 0.436 e. The Hall–Kier alpha value is -2.12. The van der Waals surface area contributed by atoms with E-state index in [0.717, 1.165) is 4.68 Å². The zero-order valence-corrected chi connectivity index (χ0v) is 18.7. The first-order chi connectivity index (χ1) is 14.4. The first-order valence-corrected chi connectivity index (χ1v) is 11.3. The molecule has 31 heavy (non-hydrogen) atoms. The molecule has 2 aromatic rings. The number of rotatable bonds is 5. The number of hydrogen-bond donors (Lipinski definition) is 0. The van der Waals surface area contributed by atoms with Crippen LogP contribution in [0.25, 0.3) is 0 Å². The molecule has 1 saturated heterocycles. The van der Waals surface area contributed by atoms with E-state index in [1.807, 2.05) is 6.92 Å². The van der Waals surface area contributed by atoms with Crippen molar-refractivity contribution < 1.29 is 26.4 Å². The number of hydrogen-bond acceptors (Lipinski definition) is 5. The minimum atomic E-state index is -4.72. The maximum absolute atomic E-state index is 13.0. The average molecular weight is 483 g/mol. The van der Waals surface area contributed by atoms with Gasteiger partial charge in [-0.3, -0.25) is 14.2 Å². The van der Waals surface area contributed by atoms with Gasteiger partial charge >= 0.3 is 6.18 Å². The van der Waals surface area contributed by atoms with Crippen molar-refractivity contribution in [1.82, 2.24) is 28.8 Å². The van der Waals surface area contributed by atoms with E-state index in [4.69, 9.17) is 11.6 Å². The molecular formula is C17H22ClF3N6O3S. The van der Waals surface area contributed by atoms with Crippen molar-refractivity contribution in [2.45, 2.75) is 44.9 Å². The predicted octanol–water partition coefficient (Wildman–Crippen LogP) is 1.92. The lowest BCUT2D eigenvalue weighted by Crippen LogP contribution is -2.51. The van der Waals surface area contributed by atoms with Crippen molar-refractivity contribution in [2.75, 3.05) is 26.2 Å². The van der Waals surface area contributed by atoms with Gasteiger partial charge in [0.15, 0.2) is 5.69 Å². The molecule has 0 radical (unpaired) electrons. The van der Waals surface area contributed by atoms with Gasteiger partial charge < -0.3 is 4.90 Å². The monoisotopic (exact) mass is 482 g/mol. The van der Waals surface area contributed by atoms with Crippen LogP contribution >= 0.6 is 11.6 Å². The van der Waals surface area contributed by atoms with Gasteiger partial charge in [-0.25, -0.2) is 8.42 Å². The van der Waals surface area contributed by atoms with Crippen molar-refractivity contribution in [2.24, 2.45) is 0 Å². The normalized spacial score (nSPS) is 16.2. The van der Waals surface area contributed by atoms with Gasteiger partial charge in [-0.15, -0.1) is 0 Å². The Labute approximate surface area is 182 Å². The van der Waals surface area contributed by atoms with Crippen molar-refractivity contribution in [3.8, 4) is 0 Å². The third-order valence-electron chi connectivity index (χ3n) is 5.12. The zero-order valence-electron chi connectivity index (χ0n) is 17.1. The molecule has 172 valence electrons. The first kappa shape index (κ1) is 23.5. The number of aromatic nitrogens is 4. The van der Waals surface area contributed by atoms with Gasteiger partial charge in [-0.1, -0.05) is 11.6 Å². The van der Waals surface area contributed by atoms with E-state index in [0.29, 0.717) is 12.2 Å². The van der Waals surface area contributed by atoms with Crippen molar-refractivity contribution in [3.63, 3.8) is 0 Å². The fourth-order valence-corrected chi connectivity index (χ4v) is 5.15. The van der Waals surface area contributed by atoms with Crippen molar-refractivity contribution in [1.29, 1.82) is 0 Å². The van der Waals surface area contributed by atoms with Crippen LogP contribution in [-0.2, 0) is 34.1 Å². The molecule has 9 nitrogen and oxygen atoms in total. The lowest BCUT2D eigenvalue weighted by atomic mass is 10.3. The van der Waals surface area contributed by atoms with Gasteiger partial charge in [-0.2, -0.15) is 27.7 Å². The lowest BCUT2D eigenvalue weighted by Gasteiger charge is -2.34. The molecule has 0 unspecified atom stereocenters. The van der Waals surface area contributed by atoms with Gasteiger partial charge in [0.1, 0.15) is 11.4 Å². The Bertz CT molecular complexity index is 1090. The molecule has 0 aromatic carbocycles. The predicted molar refractivity (Wildman–Crippen MR) is 105 cm³/mol. The van der Waals surface area contributed by atoms with Crippen LogP contribution in [0.5, 0.6) is 0 Å². The fourth-order valence-electron chi connectivity index (χ4n) is 3.32. The summed E-state index contributed by atoms with van der Waals surface area (Å²) in [7, 11) is -3.76. The van der Waals surface area contributed by atoms with E-state index in [2.05, 4.69) is 10.2 Å². The Morgan fingerprint density at radius 2 is 1.77 bits per heavy atom. The van der Waals surface area contributed by atoms with Crippen molar-refractivity contribution >= 4 is 27.5 Å². The maximum Gasteiger partial charge on any atom is 0.436 e. The van der Waals surface area contributed by atoms with E-state index in [9.17, 15) is 26.4 Å². The van der Waals surface area contributed by atoms with Crippen LogP contribution in [0.2, 0.25) is 5.02 Å². The molecule has 0 N–H and O–H groups in total. The second-order valence-corrected chi connectivity index (χ2v) is 9.41. The Morgan fingerprint density at radius 1 is 1.16 bits per heavy atom. The number of carbonyl (C=O) groups excluding carboxylic acids is 1. The molecule has 3 rings (SSSR count). The van der Waals surface area contributed by atoms with Crippen LogP contribution in [0, 0.1) is 13.8 Å². The highest BCUT2D eigenvalue weighted by Crippen LogP contribution is 2.35.